The molecule has 0 atom stereocenters. The van der Waals surface area contributed by atoms with Gasteiger partial charge in [-0.3, -0.25) is 9.59 Å². The van der Waals surface area contributed by atoms with Gasteiger partial charge in [-0.15, -0.1) is 0 Å². The highest BCUT2D eigenvalue weighted by molar-refractivity contribution is 7.89. The smallest absolute Gasteiger partial charge is 0.326 e. The number of amides is 1. The average Bonchev–Trinajstić information content (AvgIpc) is 3.20. The van der Waals surface area contributed by atoms with Crippen LogP contribution in [0.3, 0.4) is 0 Å². The maximum atomic E-state index is 13.1. The molecule has 0 saturated carbocycles. The van der Waals surface area contributed by atoms with Crippen molar-refractivity contribution in [2.45, 2.75) is 38.8 Å². The number of esters is 1. The van der Waals surface area contributed by atoms with Gasteiger partial charge in [0, 0.05) is 19.2 Å². The second kappa shape index (κ2) is 11.4. The van der Waals surface area contributed by atoms with Gasteiger partial charge in [-0.1, -0.05) is 41.7 Å². The van der Waals surface area contributed by atoms with Gasteiger partial charge >= 0.3 is 5.97 Å². The minimum atomic E-state index is -3.75. The summed E-state index contributed by atoms with van der Waals surface area (Å²) in [4.78, 5) is 30.1. The Morgan fingerprint density at radius 3 is 2.32 bits per heavy atom. The summed E-state index contributed by atoms with van der Waals surface area (Å²) >= 11 is 1.31. The third kappa shape index (κ3) is 5.93. The van der Waals surface area contributed by atoms with Crippen LogP contribution in [0.15, 0.2) is 76.6 Å². The van der Waals surface area contributed by atoms with Gasteiger partial charge in [-0.05, 0) is 73.9 Å². The van der Waals surface area contributed by atoms with Crippen LogP contribution in [0.2, 0.25) is 0 Å². The molecule has 1 aromatic heterocycles. The Balaban J connectivity index is 1.64. The molecule has 0 radical (unpaired) electrons. The molecule has 0 N–H and O–H groups in total. The van der Waals surface area contributed by atoms with Gasteiger partial charge in [-0.2, -0.15) is 9.30 Å². The SMILES string of the molecule is CCOC(=O)Cn1c(=NC(=O)c2ccc(S(=O)(=O)N(C)Cc3ccccc3)cc2)sc2cc(C)c(C)cc21. The maximum absolute atomic E-state index is 13.1. The van der Waals surface area contributed by atoms with E-state index in [0.29, 0.717) is 4.80 Å². The lowest BCUT2D eigenvalue weighted by Crippen LogP contribution is -2.26. The fourth-order valence-corrected chi connectivity index (χ4v) is 6.19. The first-order valence-electron chi connectivity index (χ1n) is 12.1. The summed E-state index contributed by atoms with van der Waals surface area (Å²) in [5.74, 6) is -0.960. The van der Waals surface area contributed by atoms with Crippen molar-refractivity contribution in [2.75, 3.05) is 13.7 Å². The van der Waals surface area contributed by atoms with Gasteiger partial charge < -0.3 is 9.30 Å². The summed E-state index contributed by atoms with van der Waals surface area (Å²) in [7, 11) is -2.23. The van der Waals surface area contributed by atoms with Gasteiger partial charge in [-0.25, -0.2) is 8.42 Å². The molecule has 0 bridgehead atoms. The maximum Gasteiger partial charge on any atom is 0.326 e. The molecular formula is C28H29N3O5S2. The summed E-state index contributed by atoms with van der Waals surface area (Å²) in [5.41, 5.74) is 4.05. The molecule has 198 valence electrons. The summed E-state index contributed by atoms with van der Waals surface area (Å²) < 4.78 is 35.0. The van der Waals surface area contributed by atoms with Crippen LogP contribution in [0.4, 0.5) is 0 Å². The van der Waals surface area contributed by atoms with Gasteiger partial charge in [0.05, 0.1) is 21.7 Å². The fraction of sp³-hybridized carbons (Fsp3) is 0.250. The molecule has 0 spiro atoms. The third-order valence-electron chi connectivity index (χ3n) is 6.15. The number of carbonyl (C=O) groups excluding carboxylic acids is 2. The Morgan fingerprint density at radius 1 is 1.00 bits per heavy atom. The monoisotopic (exact) mass is 551 g/mol. The summed E-state index contributed by atoms with van der Waals surface area (Å²) in [6, 6.07) is 19.0. The quantitative estimate of drug-likeness (QED) is 0.302. The van der Waals surface area contributed by atoms with Gasteiger partial charge in [0.1, 0.15) is 6.54 Å². The minimum absolute atomic E-state index is 0.0760. The van der Waals surface area contributed by atoms with E-state index in [1.165, 1.54) is 47.0 Å². The van der Waals surface area contributed by atoms with E-state index in [9.17, 15) is 18.0 Å². The van der Waals surface area contributed by atoms with Crippen LogP contribution in [0.1, 0.15) is 34.0 Å². The number of ether oxygens (including phenoxy) is 1. The van der Waals surface area contributed by atoms with Gasteiger partial charge in [0.2, 0.25) is 10.0 Å². The standard InChI is InChI=1S/C28H29N3O5S2/c1-5-36-26(32)18-31-24-15-19(2)20(3)16-25(24)37-28(31)29-27(33)22-11-13-23(14-12-22)38(34,35)30(4)17-21-9-7-6-8-10-21/h6-16H,5,17-18H2,1-4H3. The number of aryl methyl sites for hydroxylation is 2. The molecule has 0 aliphatic rings. The topological polar surface area (TPSA) is 98.0 Å². The lowest BCUT2D eigenvalue weighted by Gasteiger charge is -2.17. The predicted molar refractivity (Wildman–Crippen MR) is 147 cm³/mol. The van der Waals surface area contributed by atoms with Crippen LogP contribution in [0.25, 0.3) is 10.2 Å². The van der Waals surface area contributed by atoms with Crippen LogP contribution >= 0.6 is 11.3 Å². The lowest BCUT2D eigenvalue weighted by molar-refractivity contribution is -0.143. The second-order valence-electron chi connectivity index (χ2n) is 8.87. The number of carbonyl (C=O) groups is 2. The first-order chi connectivity index (χ1) is 18.1. The second-order valence-corrected chi connectivity index (χ2v) is 11.9. The number of benzene rings is 3. The molecule has 0 aliphatic heterocycles. The zero-order valence-corrected chi connectivity index (χ0v) is 23.3. The fourth-order valence-electron chi connectivity index (χ4n) is 3.92. The molecule has 3 aromatic carbocycles. The Morgan fingerprint density at radius 2 is 1.66 bits per heavy atom. The molecule has 38 heavy (non-hydrogen) atoms. The number of aromatic nitrogens is 1. The molecule has 1 amide bonds. The first kappa shape index (κ1) is 27.4. The van der Waals surface area contributed by atoms with Gasteiger partial charge in [0.25, 0.3) is 5.91 Å². The molecule has 4 aromatic rings. The molecule has 8 nitrogen and oxygen atoms in total. The van der Waals surface area contributed by atoms with Crippen molar-refractivity contribution >= 4 is 43.5 Å². The molecule has 0 saturated heterocycles. The Kier molecular flexibility index (Phi) is 8.25. The minimum Gasteiger partial charge on any atom is -0.465 e. The van der Waals surface area contributed by atoms with Crippen LogP contribution < -0.4 is 4.80 Å². The zero-order chi connectivity index (χ0) is 27.4. The zero-order valence-electron chi connectivity index (χ0n) is 21.7. The lowest BCUT2D eigenvalue weighted by atomic mass is 10.1. The van der Waals surface area contributed by atoms with E-state index >= 15 is 0 Å². The van der Waals surface area contributed by atoms with Crippen LogP contribution in [0, 0.1) is 13.8 Å². The van der Waals surface area contributed by atoms with Crippen molar-refractivity contribution in [2.24, 2.45) is 4.99 Å². The highest BCUT2D eigenvalue weighted by Crippen LogP contribution is 2.23. The van der Waals surface area contributed by atoms with Crippen molar-refractivity contribution in [3.8, 4) is 0 Å². The van der Waals surface area contributed by atoms with E-state index in [1.54, 1.807) is 11.5 Å². The number of hydrogen-bond acceptors (Lipinski definition) is 6. The van der Waals surface area contributed by atoms with E-state index in [-0.39, 0.29) is 30.2 Å². The van der Waals surface area contributed by atoms with Crippen molar-refractivity contribution in [3.63, 3.8) is 0 Å². The van der Waals surface area contributed by atoms with E-state index in [1.807, 2.05) is 56.3 Å². The molecule has 0 fully saturated rings. The first-order valence-corrected chi connectivity index (χ1v) is 14.3. The Hall–Kier alpha value is -3.60. The summed E-state index contributed by atoms with van der Waals surface area (Å²) in [6.45, 7) is 6.12. The van der Waals surface area contributed by atoms with Crippen molar-refractivity contribution in [1.29, 1.82) is 0 Å². The largest absolute Gasteiger partial charge is 0.465 e. The molecule has 4 rings (SSSR count). The van der Waals surface area contributed by atoms with E-state index in [2.05, 4.69) is 4.99 Å². The number of hydrogen-bond donors (Lipinski definition) is 0. The van der Waals surface area contributed by atoms with Crippen molar-refractivity contribution < 1.29 is 22.7 Å². The summed E-state index contributed by atoms with van der Waals surface area (Å²) in [5, 5.41) is 0. The van der Waals surface area contributed by atoms with Crippen molar-refractivity contribution in [1.82, 2.24) is 8.87 Å². The van der Waals surface area contributed by atoms with E-state index < -0.39 is 21.9 Å². The van der Waals surface area contributed by atoms with Crippen molar-refractivity contribution in [3.05, 3.63) is 93.8 Å². The normalized spacial score (nSPS) is 12.3. The molecule has 0 aliphatic carbocycles. The van der Waals surface area contributed by atoms with Crippen LogP contribution in [-0.4, -0.2) is 42.8 Å². The Bertz CT molecular complexity index is 1650. The Labute approximate surface area is 225 Å². The highest BCUT2D eigenvalue weighted by atomic mass is 32.2. The van der Waals surface area contributed by atoms with Gasteiger partial charge in [0.15, 0.2) is 4.80 Å². The van der Waals surface area contributed by atoms with Crippen LogP contribution in [0.5, 0.6) is 0 Å². The number of rotatable bonds is 8. The predicted octanol–water partition coefficient (Wildman–Crippen LogP) is 4.44. The molecule has 0 unspecified atom stereocenters. The average molecular weight is 552 g/mol. The summed E-state index contributed by atoms with van der Waals surface area (Å²) in [6.07, 6.45) is 0. The molecular weight excluding hydrogens is 522 g/mol. The number of nitrogens with zero attached hydrogens (tertiary/aromatic N) is 3. The molecule has 1 heterocycles. The van der Waals surface area contributed by atoms with Crippen LogP contribution in [-0.2, 0) is 32.6 Å². The third-order valence-corrected chi connectivity index (χ3v) is 9.00. The highest BCUT2D eigenvalue weighted by Gasteiger charge is 2.21. The number of fused-ring (bicyclic) bond motifs is 1. The van der Waals surface area contributed by atoms with E-state index in [0.717, 1.165) is 26.9 Å². The number of thiazole rings is 1. The van der Waals surface area contributed by atoms with E-state index in [4.69, 9.17) is 4.74 Å². The number of sulfonamides is 1. The molecule has 10 heteroatoms.